The Kier molecular flexibility index (Phi) is 2.51. The summed E-state index contributed by atoms with van der Waals surface area (Å²) in [6, 6.07) is 3.43. The molecule has 1 N–H and O–H groups in total. The van der Waals surface area contributed by atoms with Gasteiger partial charge in [-0.05, 0) is 19.9 Å². The standard InChI is InChI=1S/C9H11NO3/c1-6-3-4-7(2)10(9(6)13)5-8(11)12/h3-4H,5H2,1-2H3,(H,11,12). The predicted octanol–water partition coefficient (Wildman–Crippen LogP) is 0.550. The summed E-state index contributed by atoms with van der Waals surface area (Å²) in [4.78, 5) is 21.8. The molecular formula is C9H11NO3. The average molecular weight is 181 g/mol. The third kappa shape index (κ3) is 1.96. The summed E-state index contributed by atoms with van der Waals surface area (Å²) in [6.07, 6.45) is 0. The molecule has 1 aromatic heterocycles. The normalized spacial score (nSPS) is 10.0. The minimum atomic E-state index is -1.00. The summed E-state index contributed by atoms with van der Waals surface area (Å²) in [5.74, 6) is -1.00. The fourth-order valence-corrected chi connectivity index (χ4v) is 1.11. The van der Waals surface area contributed by atoms with E-state index in [1.54, 1.807) is 26.0 Å². The van der Waals surface area contributed by atoms with Crippen molar-refractivity contribution in [2.75, 3.05) is 0 Å². The van der Waals surface area contributed by atoms with Crippen molar-refractivity contribution < 1.29 is 9.90 Å². The summed E-state index contributed by atoms with van der Waals surface area (Å²) < 4.78 is 1.25. The van der Waals surface area contributed by atoms with E-state index in [4.69, 9.17) is 5.11 Å². The fraction of sp³-hybridized carbons (Fsp3) is 0.333. The highest BCUT2D eigenvalue weighted by atomic mass is 16.4. The van der Waals surface area contributed by atoms with Crippen molar-refractivity contribution >= 4 is 5.97 Å². The maximum atomic E-state index is 11.4. The van der Waals surface area contributed by atoms with Gasteiger partial charge in [-0.15, -0.1) is 0 Å². The average Bonchev–Trinajstić information content (AvgIpc) is 2.05. The molecule has 13 heavy (non-hydrogen) atoms. The summed E-state index contributed by atoms with van der Waals surface area (Å²) in [6.45, 7) is 3.11. The first kappa shape index (κ1) is 9.51. The molecule has 0 aromatic carbocycles. The lowest BCUT2D eigenvalue weighted by Crippen LogP contribution is -2.27. The number of aromatic nitrogens is 1. The van der Waals surface area contributed by atoms with Gasteiger partial charge in [-0.1, -0.05) is 6.07 Å². The topological polar surface area (TPSA) is 59.3 Å². The van der Waals surface area contributed by atoms with Crippen LogP contribution in [0.2, 0.25) is 0 Å². The molecule has 0 unspecified atom stereocenters. The van der Waals surface area contributed by atoms with E-state index in [-0.39, 0.29) is 12.1 Å². The van der Waals surface area contributed by atoms with E-state index in [1.165, 1.54) is 4.57 Å². The minimum Gasteiger partial charge on any atom is -0.480 e. The summed E-state index contributed by atoms with van der Waals surface area (Å²) >= 11 is 0. The molecule has 0 bridgehead atoms. The SMILES string of the molecule is Cc1ccc(C)n(CC(=O)O)c1=O. The zero-order chi connectivity index (χ0) is 10.0. The number of carbonyl (C=O) groups is 1. The predicted molar refractivity (Wildman–Crippen MR) is 47.8 cm³/mol. The van der Waals surface area contributed by atoms with Crippen molar-refractivity contribution in [3.05, 3.63) is 33.7 Å². The highest BCUT2D eigenvalue weighted by Crippen LogP contribution is 1.96. The number of hydrogen-bond acceptors (Lipinski definition) is 2. The van der Waals surface area contributed by atoms with Crippen LogP contribution in [0.4, 0.5) is 0 Å². The van der Waals surface area contributed by atoms with Gasteiger partial charge in [-0.2, -0.15) is 0 Å². The second-order valence-electron chi connectivity index (χ2n) is 2.94. The Bertz CT molecular complexity index is 392. The van der Waals surface area contributed by atoms with Crippen LogP contribution < -0.4 is 5.56 Å². The first-order chi connectivity index (χ1) is 6.02. The lowest BCUT2D eigenvalue weighted by Gasteiger charge is -2.07. The van der Waals surface area contributed by atoms with E-state index >= 15 is 0 Å². The number of rotatable bonds is 2. The van der Waals surface area contributed by atoms with Crippen molar-refractivity contribution in [1.29, 1.82) is 0 Å². The van der Waals surface area contributed by atoms with E-state index in [0.717, 1.165) is 0 Å². The molecule has 1 heterocycles. The quantitative estimate of drug-likeness (QED) is 0.724. The van der Waals surface area contributed by atoms with Crippen molar-refractivity contribution in [2.24, 2.45) is 0 Å². The number of carboxylic acids is 1. The molecule has 0 aliphatic rings. The smallest absolute Gasteiger partial charge is 0.323 e. The van der Waals surface area contributed by atoms with Gasteiger partial charge >= 0.3 is 5.97 Å². The van der Waals surface area contributed by atoms with E-state index in [1.807, 2.05) is 0 Å². The van der Waals surface area contributed by atoms with Crippen LogP contribution in [-0.2, 0) is 11.3 Å². The van der Waals surface area contributed by atoms with Crippen molar-refractivity contribution in [3.63, 3.8) is 0 Å². The molecule has 0 saturated carbocycles. The highest BCUT2D eigenvalue weighted by Gasteiger charge is 2.05. The Hall–Kier alpha value is -1.58. The Morgan fingerprint density at radius 2 is 2.08 bits per heavy atom. The summed E-state index contributed by atoms with van der Waals surface area (Å²) in [7, 11) is 0. The molecule has 4 heteroatoms. The van der Waals surface area contributed by atoms with Crippen LogP contribution in [0.15, 0.2) is 16.9 Å². The molecule has 0 fully saturated rings. The number of pyridine rings is 1. The molecule has 0 spiro atoms. The molecule has 0 aliphatic carbocycles. The van der Waals surface area contributed by atoms with Crippen LogP contribution in [0.3, 0.4) is 0 Å². The van der Waals surface area contributed by atoms with Gasteiger partial charge in [0.1, 0.15) is 6.54 Å². The van der Waals surface area contributed by atoms with Gasteiger partial charge in [0.25, 0.3) is 5.56 Å². The first-order valence-electron chi connectivity index (χ1n) is 3.91. The van der Waals surface area contributed by atoms with Crippen molar-refractivity contribution in [1.82, 2.24) is 4.57 Å². The van der Waals surface area contributed by atoms with Gasteiger partial charge in [-0.25, -0.2) is 0 Å². The minimum absolute atomic E-state index is 0.234. The lowest BCUT2D eigenvalue weighted by molar-refractivity contribution is -0.137. The molecule has 1 rings (SSSR count). The van der Waals surface area contributed by atoms with Gasteiger partial charge in [0.15, 0.2) is 0 Å². The van der Waals surface area contributed by atoms with Crippen LogP contribution in [0.5, 0.6) is 0 Å². The maximum absolute atomic E-state index is 11.4. The second-order valence-corrected chi connectivity index (χ2v) is 2.94. The largest absolute Gasteiger partial charge is 0.480 e. The van der Waals surface area contributed by atoms with Crippen LogP contribution in [0, 0.1) is 13.8 Å². The van der Waals surface area contributed by atoms with Crippen molar-refractivity contribution in [2.45, 2.75) is 20.4 Å². The van der Waals surface area contributed by atoms with Gasteiger partial charge in [-0.3, -0.25) is 9.59 Å². The molecule has 0 aliphatic heterocycles. The van der Waals surface area contributed by atoms with E-state index < -0.39 is 5.97 Å². The molecule has 0 atom stereocenters. The molecule has 0 amide bonds. The lowest BCUT2D eigenvalue weighted by atomic mass is 10.2. The Labute approximate surface area is 75.4 Å². The molecule has 70 valence electrons. The van der Waals surface area contributed by atoms with Crippen molar-refractivity contribution in [3.8, 4) is 0 Å². The Morgan fingerprint density at radius 3 is 2.62 bits per heavy atom. The van der Waals surface area contributed by atoms with E-state index in [2.05, 4.69) is 0 Å². The van der Waals surface area contributed by atoms with Gasteiger partial charge in [0.05, 0.1) is 0 Å². The maximum Gasteiger partial charge on any atom is 0.323 e. The van der Waals surface area contributed by atoms with E-state index in [9.17, 15) is 9.59 Å². The zero-order valence-corrected chi connectivity index (χ0v) is 7.57. The summed E-state index contributed by atoms with van der Waals surface area (Å²) in [5, 5.41) is 8.55. The van der Waals surface area contributed by atoms with Crippen LogP contribution in [0.25, 0.3) is 0 Å². The molecule has 0 saturated heterocycles. The van der Waals surface area contributed by atoms with Gasteiger partial charge in [0, 0.05) is 11.3 Å². The van der Waals surface area contributed by atoms with E-state index in [0.29, 0.717) is 11.3 Å². The Balaban J connectivity index is 3.26. The fourth-order valence-electron chi connectivity index (χ4n) is 1.11. The van der Waals surface area contributed by atoms with Crippen LogP contribution >= 0.6 is 0 Å². The van der Waals surface area contributed by atoms with Gasteiger partial charge < -0.3 is 9.67 Å². The molecule has 0 radical (unpaired) electrons. The summed E-state index contributed by atoms with van der Waals surface area (Å²) in [5.41, 5.74) is 0.993. The van der Waals surface area contributed by atoms with Crippen LogP contribution in [0.1, 0.15) is 11.3 Å². The zero-order valence-electron chi connectivity index (χ0n) is 7.57. The second kappa shape index (κ2) is 3.43. The number of aryl methyl sites for hydroxylation is 2. The third-order valence-electron chi connectivity index (χ3n) is 1.88. The Morgan fingerprint density at radius 1 is 1.46 bits per heavy atom. The molecule has 1 aromatic rings. The van der Waals surface area contributed by atoms with Gasteiger partial charge in [0.2, 0.25) is 0 Å². The number of carboxylic acid groups (broad SMARTS) is 1. The number of aliphatic carboxylic acids is 1. The number of nitrogens with zero attached hydrogens (tertiary/aromatic N) is 1. The third-order valence-corrected chi connectivity index (χ3v) is 1.88. The molecular weight excluding hydrogens is 170 g/mol. The monoisotopic (exact) mass is 181 g/mol. The highest BCUT2D eigenvalue weighted by molar-refractivity contribution is 5.66. The molecule has 4 nitrogen and oxygen atoms in total. The first-order valence-corrected chi connectivity index (χ1v) is 3.91. The van der Waals surface area contributed by atoms with Crippen LogP contribution in [-0.4, -0.2) is 15.6 Å². The number of hydrogen-bond donors (Lipinski definition) is 1.